The van der Waals surface area contributed by atoms with Crippen molar-refractivity contribution in [3.8, 4) is 11.3 Å². The fourth-order valence-electron chi connectivity index (χ4n) is 3.38. The molecule has 1 fully saturated rings. The average molecular weight is 428 g/mol. The van der Waals surface area contributed by atoms with Crippen LogP contribution in [0.25, 0.3) is 11.3 Å². The summed E-state index contributed by atoms with van der Waals surface area (Å²) in [5, 5.41) is 5.45. The molecule has 3 aromatic rings. The van der Waals surface area contributed by atoms with Crippen LogP contribution in [0, 0.1) is 5.92 Å². The highest BCUT2D eigenvalue weighted by molar-refractivity contribution is 7.98. The summed E-state index contributed by atoms with van der Waals surface area (Å²) >= 11 is 3.11. The Hall–Kier alpha value is -2.58. The first-order valence-corrected chi connectivity index (χ1v) is 11.5. The summed E-state index contributed by atoms with van der Waals surface area (Å²) in [6, 6.07) is 9.84. The second kappa shape index (κ2) is 8.84. The van der Waals surface area contributed by atoms with E-state index in [0.717, 1.165) is 24.1 Å². The number of thioether (sulfide) groups is 1. The molecule has 0 spiro atoms. The molecule has 150 valence electrons. The van der Waals surface area contributed by atoms with Crippen LogP contribution in [0.2, 0.25) is 0 Å². The molecule has 0 radical (unpaired) electrons. The summed E-state index contributed by atoms with van der Waals surface area (Å²) in [5.41, 5.74) is 2.38. The van der Waals surface area contributed by atoms with Gasteiger partial charge in [0.05, 0.1) is 23.4 Å². The summed E-state index contributed by atoms with van der Waals surface area (Å²) in [7, 11) is 0. The lowest BCUT2D eigenvalue weighted by Crippen LogP contribution is -2.43. The van der Waals surface area contributed by atoms with Gasteiger partial charge in [-0.05, 0) is 37.3 Å². The Balaban J connectivity index is 1.38. The monoisotopic (exact) mass is 427 g/mol. The summed E-state index contributed by atoms with van der Waals surface area (Å²) in [6.45, 7) is 1.06. The van der Waals surface area contributed by atoms with Crippen molar-refractivity contribution in [2.45, 2.75) is 17.7 Å². The van der Waals surface area contributed by atoms with Crippen LogP contribution in [0.15, 0.2) is 57.6 Å². The highest BCUT2D eigenvalue weighted by Gasteiger charge is 2.29. The Kier molecular flexibility index (Phi) is 6.01. The quantitative estimate of drug-likeness (QED) is 0.602. The number of anilines is 1. The van der Waals surface area contributed by atoms with Crippen LogP contribution in [-0.2, 0) is 4.79 Å². The van der Waals surface area contributed by atoms with Crippen LogP contribution >= 0.6 is 23.1 Å². The number of hydrogen-bond acceptors (Lipinski definition) is 6. The van der Waals surface area contributed by atoms with Gasteiger partial charge < -0.3 is 14.6 Å². The summed E-state index contributed by atoms with van der Waals surface area (Å²) in [5.74, 6) is -0.428. The molecular weight excluding hydrogens is 406 g/mol. The fraction of sp³-hybridized carbons (Fsp3) is 0.286. The number of nitrogens with one attached hydrogen (secondary N) is 1. The molecule has 1 saturated heterocycles. The number of rotatable bonds is 5. The second-order valence-corrected chi connectivity index (χ2v) is 8.60. The molecule has 8 heteroatoms. The van der Waals surface area contributed by atoms with Gasteiger partial charge in [0.2, 0.25) is 5.91 Å². The molecule has 1 aliphatic rings. The van der Waals surface area contributed by atoms with Crippen molar-refractivity contribution in [3.05, 3.63) is 53.8 Å². The molecule has 2 aromatic heterocycles. The molecule has 1 atom stereocenters. The van der Waals surface area contributed by atoms with E-state index in [1.54, 1.807) is 22.7 Å². The maximum atomic E-state index is 12.7. The minimum Gasteiger partial charge on any atom is -0.472 e. The van der Waals surface area contributed by atoms with E-state index >= 15 is 0 Å². The van der Waals surface area contributed by atoms with Gasteiger partial charge in [-0.2, -0.15) is 0 Å². The van der Waals surface area contributed by atoms with Crippen LogP contribution in [-0.4, -0.2) is 41.0 Å². The van der Waals surface area contributed by atoms with Gasteiger partial charge in [0, 0.05) is 28.9 Å². The maximum Gasteiger partial charge on any atom is 0.257 e. The maximum absolute atomic E-state index is 12.7. The van der Waals surface area contributed by atoms with Crippen molar-refractivity contribution in [2.24, 2.45) is 5.92 Å². The van der Waals surface area contributed by atoms with Crippen LogP contribution < -0.4 is 5.32 Å². The lowest BCUT2D eigenvalue weighted by molar-refractivity contribution is -0.121. The van der Waals surface area contributed by atoms with E-state index < -0.39 is 0 Å². The van der Waals surface area contributed by atoms with E-state index in [2.05, 4.69) is 22.4 Å². The highest BCUT2D eigenvalue weighted by atomic mass is 32.2. The second-order valence-electron chi connectivity index (χ2n) is 6.86. The number of nitrogens with zero attached hydrogens (tertiary/aromatic N) is 2. The fourth-order valence-corrected chi connectivity index (χ4v) is 4.51. The van der Waals surface area contributed by atoms with Crippen molar-refractivity contribution in [1.82, 2.24) is 9.88 Å². The molecule has 6 nitrogen and oxygen atoms in total. The third-order valence-corrected chi connectivity index (χ3v) is 6.47. The Morgan fingerprint density at radius 3 is 2.83 bits per heavy atom. The zero-order valence-electron chi connectivity index (χ0n) is 16.0. The number of amides is 2. The highest BCUT2D eigenvalue weighted by Crippen LogP contribution is 2.28. The number of thiazole rings is 1. The third kappa shape index (κ3) is 4.54. The molecule has 1 N–H and O–H groups in total. The van der Waals surface area contributed by atoms with Gasteiger partial charge in [0.15, 0.2) is 5.13 Å². The third-order valence-electron chi connectivity index (χ3n) is 4.97. The van der Waals surface area contributed by atoms with Gasteiger partial charge in [-0.25, -0.2) is 4.98 Å². The molecule has 0 saturated carbocycles. The Bertz CT molecular complexity index is 983. The van der Waals surface area contributed by atoms with E-state index in [-0.39, 0.29) is 17.7 Å². The first-order valence-electron chi connectivity index (χ1n) is 9.36. The minimum atomic E-state index is -0.243. The molecule has 1 aliphatic heterocycles. The van der Waals surface area contributed by atoms with Gasteiger partial charge in [0.25, 0.3) is 5.91 Å². The first-order chi connectivity index (χ1) is 14.1. The van der Waals surface area contributed by atoms with Crippen LogP contribution in [0.3, 0.4) is 0 Å². The van der Waals surface area contributed by atoms with Gasteiger partial charge >= 0.3 is 0 Å². The van der Waals surface area contributed by atoms with Crippen molar-refractivity contribution in [2.75, 3.05) is 24.7 Å². The van der Waals surface area contributed by atoms with Gasteiger partial charge in [-0.1, -0.05) is 12.1 Å². The first kappa shape index (κ1) is 19.7. The Morgan fingerprint density at radius 1 is 1.28 bits per heavy atom. The smallest absolute Gasteiger partial charge is 0.257 e. The standard InChI is InChI=1S/C21H21N3O3S2/c1-28-17-6-4-14(5-7-17)18-13-29-21(22-18)23-19(25)15-3-2-9-24(11-15)20(26)16-8-10-27-12-16/h4-8,10,12-13,15H,2-3,9,11H2,1H3,(H,22,23,25). The number of hydrogen-bond donors (Lipinski definition) is 1. The van der Waals surface area contributed by atoms with Crippen molar-refractivity contribution in [3.63, 3.8) is 0 Å². The van der Waals surface area contributed by atoms with E-state index in [0.29, 0.717) is 23.8 Å². The van der Waals surface area contributed by atoms with Crippen molar-refractivity contribution in [1.29, 1.82) is 0 Å². The van der Waals surface area contributed by atoms with Gasteiger partial charge in [-0.3, -0.25) is 9.59 Å². The van der Waals surface area contributed by atoms with E-state index in [1.807, 2.05) is 23.8 Å². The molecule has 2 amide bonds. The van der Waals surface area contributed by atoms with Gasteiger partial charge in [-0.15, -0.1) is 23.1 Å². The number of piperidine rings is 1. The molecule has 1 aromatic carbocycles. The largest absolute Gasteiger partial charge is 0.472 e. The van der Waals surface area contributed by atoms with E-state index in [1.165, 1.54) is 28.8 Å². The average Bonchev–Trinajstić information content (AvgIpc) is 3.46. The molecular formula is C21H21N3O3S2. The molecule has 0 aliphatic carbocycles. The van der Waals surface area contributed by atoms with Crippen LogP contribution in [0.5, 0.6) is 0 Å². The normalized spacial score (nSPS) is 16.6. The zero-order chi connectivity index (χ0) is 20.2. The number of benzene rings is 1. The zero-order valence-corrected chi connectivity index (χ0v) is 17.6. The van der Waals surface area contributed by atoms with Gasteiger partial charge in [0.1, 0.15) is 6.26 Å². The van der Waals surface area contributed by atoms with E-state index in [4.69, 9.17) is 4.42 Å². The predicted octanol–water partition coefficient (Wildman–Crippen LogP) is 4.62. The van der Waals surface area contributed by atoms with Crippen LogP contribution in [0.1, 0.15) is 23.2 Å². The van der Waals surface area contributed by atoms with Crippen molar-refractivity contribution >= 4 is 40.0 Å². The Morgan fingerprint density at radius 2 is 2.10 bits per heavy atom. The molecule has 1 unspecified atom stereocenters. The SMILES string of the molecule is CSc1ccc(-c2csc(NC(=O)C3CCCN(C(=O)c4ccoc4)C3)n2)cc1. The predicted molar refractivity (Wildman–Crippen MR) is 115 cm³/mol. The molecule has 29 heavy (non-hydrogen) atoms. The Labute approximate surface area is 177 Å². The lowest BCUT2D eigenvalue weighted by Gasteiger charge is -2.31. The van der Waals surface area contributed by atoms with Crippen LogP contribution in [0.4, 0.5) is 5.13 Å². The number of carbonyl (C=O) groups excluding carboxylic acids is 2. The topological polar surface area (TPSA) is 75.4 Å². The number of furan rings is 1. The lowest BCUT2D eigenvalue weighted by atomic mass is 9.97. The van der Waals surface area contributed by atoms with Crippen molar-refractivity contribution < 1.29 is 14.0 Å². The molecule has 4 rings (SSSR count). The van der Waals surface area contributed by atoms with E-state index in [9.17, 15) is 9.59 Å². The minimum absolute atomic E-state index is 0.0895. The molecule has 0 bridgehead atoms. The number of carbonyl (C=O) groups is 2. The summed E-state index contributed by atoms with van der Waals surface area (Å²) in [6.07, 6.45) is 6.52. The molecule has 3 heterocycles. The summed E-state index contributed by atoms with van der Waals surface area (Å²) < 4.78 is 5.00. The number of likely N-dealkylation sites (tertiary alicyclic amines) is 1. The summed E-state index contributed by atoms with van der Waals surface area (Å²) in [4.78, 5) is 32.7. The number of aromatic nitrogens is 1.